The van der Waals surface area contributed by atoms with Crippen molar-refractivity contribution in [3.63, 3.8) is 0 Å². The molecule has 0 spiro atoms. The highest BCUT2D eigenvalue weighted by molar-refractivity contribution is 6.31. The highest BCUT2D eigenvalue weighted by atomic mass is 35.5. The van der Waals surface area contributed by atoms with Crippen LogP contribution in [0.25, 0.3) is 5.69 Å². The second-order valence-corrected chi connectivity index (χ2v) is 3.87. The van der Waals surface area contributed by atoms with Crippen molar-refractivity contribution in [3.05, 3.63) is 39.3 Å². The number of tetrazole rings is 1. The Bertz CT molecular complexity index is 646. The predicted octanol–water partition coefficient (Wildman–Crippen LogP) is 1.64. The van der Waals surface area contributed by atoms with Gasteiger partial charge in [-0.15, -0.1) is 0 Å². The van der Waals surface area contributed by atoms with Crippen LogP contribution in [0.1, 0.15) is 5.56 Å². The number of hydrogen-bond donors (Lipinski definition) is 0. The molecule has 2 rings (SSSR count). The Kier molecular flexibility index (Phi) is 2.89. The standard InChI is InChI=1S/C9H6ClF3N4O/c1-16-8(18)17(15-14-16)5-2-3-6(7(10)4-5)9(11,12)13/h2-4H,1H3. The first-order valence-electron chi connectivity index (χ1n) is 4.67. The normalized spacial score (nSPS) is 11.8. The summed E-state index contributed by atoms with van der Waals surface area (Å²) in [4.78, 5) is 11.5. The van der Waals surface area contributed by atoms with Crippen molar-refractivity contribution in [1.29, 1.82) is 0 Å². The van der Waals surface area contributed by atoms with Crippen LogP contribution in [0.5, 0.6) is 0 Å². The van der Waals surface area contributed by atoms with Gasteiger partial charge in [0.15, 0.2) is 0 Å². The zero-order valence-corrected chi connectivity index (χ0v) is 9.70. The summed E-state index contributed by atoms with van der Waals surface area (Å²) in [5.74, 6) is 0. The van der Waals surface area contributed by atoms with Gasteiger partial charge in [0.05, 0.1) is 16.3 Å². The zero-order valence-electron chi connectivity index (χ0n) is 8.94. The summed E-state index contributed by atoms with van der Waals surface area (Å²) in [6.07, 6.45) is -4.54. The molecule has 2 aromatic rings. The molecule has 0 aliphatic carbocycles. The molecule has 0 radical (unpaired) electrons. The molecule has 9 heteroatoms. The van der Waals surface area contributed by atoms with Crippen LogP contribution >= 0.6 is 11.6 Å². The highest BCUT2D eigenvalue weighted by Crippen LogP contribution is 2.35. The Morgan fingerprint density at radius 1 is 1.28 bits per heavy atom. The molecule has 1 aromatic carbocycles. The van der Waals surface area contributed by atoms with E-state index >= 15 is 0 Å². The molecule has 0 unspecified atom stereocenters. The van der Waals surface area contributed by atoms with E-state index in [9.17, 15) is 18.0 Å². The molecular weight excluding hydrogens is 273 g/mol. The number of hydrogen-bond acceptors (Lipinski definition) is 3. The second kappa shape index (κ2) is 4.13. The van der Waals surface area contributed by atoms with E-state index in [1.54, 1.807) is 0 Å². The first kappa shape index (κ1) is 12.6. The van der Waals surface area contributed by atoms with Gasteiger partial charge in [0.2, 0.25) is 0 Å². The summed E-state index contributed by atoms with van der Waals surface area (Å²) < 4.78 is 39.2. The molecule has 0 atom stereocenters. The van der Waals surface area contributed by atoms with Crippen LogP contribution in [0.15, 0.2) is 23.0 Å². The SMILES string of the molecule is Cn1nnn(-c2ccc(C(F)(F)F)c(Cl)c2)c1=O. The summed E-state index contributed by atoms with van der Waals surface area (Å²) >= 11 is 5.53. The molecule has 0 saturated heterocycles. The van der Waals surface area contributed by atoms with Gasteiger partial charge >= 0.3 is 11.9 Å². The Morgan fingerprint density at radius 3 is 2.39 bits per heavy atom. The molecule has 0 amide bonds. The Balaban J connectivity index is 2.54. The van der Waals surface area contributed by atoms with Crippen molar-refractivity contribution in [2.75, 3.05) is 0 Å². The van der Waals surface area contributed by atoms with Crippen molar-refractivity contribution < 1.29 is 13.2 Å². The third kappa shape index (κ3) is 2.10. The van der Waals surface area contributed by atoms with E-state index in [2.05, 4.69) is 10.4 Å². The van der Waals surface area contributed by atoms with Crippen LogP contribution in [0.4, 0.5) is 13.2 Å². The Morgan fingerprint density at radius 2 is 1.94 bits per heavy atom. The minimum Gasteiger partial charge on any atom is -0.244 e. The predicted molar refractivity (Wildman–Crippen MR) is 56.6 cm³/mol. The van der Waals surface area contributed by atoms with Crippen LogP contribution in [0, 0.1) is 0 Å². The fraction of sp³-hybridized carbons (Fsp3) is 0.222. The van der Waals surface area contributed by atoms with Crippen molar-refractivity contribution in [3.8, 4) is 5.69 Å². The third-order valence-corrected chi connectivity index (χ3v) is 2.54. The smallest absolute Gasteiger partial charge is 0.244 e. The molecule has 0 N–H and O–H groups in total. The lowest BCUT2D eigenvalue weighted by atomic mass is 10.2. The van der Waals surface area contributed by atoms with Crippen molar-refractivity contribution in [2.24, 2.45) is 7.05 Å². The number of halogens is 4. The van der Waals surface area contributed by atoms with Crippen LogP contribution in [-0.4, -0.2) is 19.8 Å². The lowest BCUT2D eigenvalue weighted by Crippen LogP contribution is -2.22. The van der Waals surface area contributed by atoms with E-state index in [1.807, 2.05) is 0 Å². The fourth-order valence-electron chi connectivity index (χ4n) is 1.34. The molecule has 18 heavy (non-hydrogen) atoms. The van der Waals surface area contributed by atoms with Crippen LogP contribution in [0.3, 0.4) is 0 Å². The van der Waals surface area contributed by atoms with E-state index in [0.717, 1.165) is 27.6 Å². The fourth-order valence-corrected chi connectivity index (χ4v) is 1.62. The van der Waals surface area contributed by atoms with E-state index in [0.29, 0.717) is 0 Å². The number of benzene rings is 1. The van der Waals surface area contributed by atoms with Crippen molar-refractivity contribution >= 4 is 11.6 Å². The number of aromatic nitrogens is 4. The lowest BCUT2D eigenvalue weighted by Gasteiger charge is -2.09. The van der Waals surface area contributed by atoms with Gasteiger partial charge in [0, 0.05) is 7.05 Å². The number of alkyl halides is 3. The monoisotopic (exact) mass is 278 g/mol. The summed E-state index contributed by atoms with van der Waals surface area (Å²) in [7, 11) is 1.37. The minimum atomic E-state index is -4.54. The number of rotatable bonds is 1. The molecule has 0 aliphatic rings. The molecule has 96 valence electrons. The third-order valence-electron chi connectivity index (χ3n) is 2.22. The van der Waals surface area contributed by atoms with Gasteiger partial charge in [-0.3, -0.25) is 0 Å². The van der Waals surface area contributed by atoms with E-state index in [4.69, 9.17) is 11.6 Å². The summed E-state index contributed by atoms with van der Waals surface area (Å²) in [5, 5.41) is 6.44. The number of aryl methyl sites for hydroxylation is 1. The topological polar surface area (TPSA) is 52.7 Å². The summed E-state index contributed by atoms with van der Waals surface area (Å²) in [6.45, 7) is 0. The van der Waals surface area contributed by atoms with Gasteiger partial charge in [-0.1, -0.05) is 11.6 Å². The largest absolute Gasteiger partial charge is 0.417 e. The molecule has 0 fully saturated rings. The maximum absolute atomic E-state index is 12.5. The lowest BCUT2D eigenvalue weighted by molar-refractivity contribution is -0.137. The average molecular weight is 279 g/mol. The van der Waals surface area contributed by atoms with Gasteiger partial charge in [0.1, 0.15) is 0 Å². The van der Waals surface area contributed by atoms with E-state index < -0.39 is 22.5 Å². The zero-order chi connectivity index (χ0) is 13.5. The van der Waals surface area contributed by atoms with Crippen LogP contribution < -0.4 is 5.69 Å². The Hall–Kier alpha value is -1.83. The van der Waals surface area contributed by atoms with Crippen molar-refractivity contribution in [2.45, 2.75) is 6.18 Å². The van der Waals surface area contributed by atoms with Gasteiger partial charge in [-0.05, 0) is 28.6 Å². The van der Waals surface area contributed by atoms with Gasteiger partial charge in [0.25, 0.3) is 0 Å². The van der Waals surface area contributed by atoms with E-state index in [1.165, 1.54) is 7.05 Å². The second-order valence-electron chi connectivity index (χ2n) is 3.46. The highest BCUT2D eigenvalue weighted by Gasteiger charge is 2.33. The Labute approximate surface area is 103 Å². The molecule has 0 saturated carbocycles. The summed E-state index contributed by atoms with van der Waals surface area (Å²) in [6, 6.07) is 2.91. The quantitative estimate of drug-likeness (QED) is 0.797. The average Bonchev–Trinajstić information content (AvgIpc) is 2.58. The molecular formula is C9H6ClF3N4O. The number of nitrogens with zero attached hydrogens (tertiary/aromatic N) is 4. The first-order valence-corrected chi connectivity index (χ1v) is 5.04. The maximum atomic E-state index is 12.5. The molecule has 0 aliphatic heterocycles. The molecule has 0 bridgehead atoms. The minimum absolute atomic E-state index is 0.117. The van der Waals surface area contributed by atoms with Gasteiger partial charge < -0.3 is 0 Å². The first-order chi connectivity index (χ1) is 8.30. The van der Waals surface area contributed by atoms with Crippen molar-refractivity contribution in [1.82, 2.24) is 19.8 Å². The molecule has 1 aromatic heterocycles. The van der Waals surface area contributed by atoms with Crippen LogP contribution in [-0.2, 0) is 13.2 Å². The van der Waals surface area contributed by atoms with E-state index in [-0.39, 0.29) is 5.69 Å². The molecule has 1 heterocycles. The van der Waals surface area contributed by atoms with Gasteiger partial charge in [-0.2, -0.15) is 22.5 Å². The van der Waals surface area contributed by atoms with Crippen LogP contribution in [0.2, 0.25) is 5.02 Å². The maximum Gasteiger partial charge on any atom is 0.417 e. The molecule has 5 nitrogen and oxygen atoms in total. The summed E-state index contributed by atoms with van der Waals surface area (Å²) in [5.41, 5.74) is -1.43. The van der Waals surface area contributed by atoms with Gasteiger partial charge in [-0.25, -0.2) is 4.79 Å².